The quantitative estimate of drug-likeness (QED) is 0.753. The number of likely N-dealkylation sites (N-methyl/N-ethyl adjacent to an activating group) is 2. The lowest BCUT2D eigenvalue weighted by molar-refractivity contribution is -0.132. The van der Waals surface area contributed by atoms with Crippen molar-refractivity contribution >= 4 is 23.2 Å². The number of nitrogens with zero attached hydrogens (tertiary/aromatic N) is 5. The zero-order chi connectivity index (χ0) is 20.1. The maximum Gasteiger partial charge on any atom is 0.224 e. The molecule has 7 nitrogen and oxygen atoms in total. The summed E-state index contributed by atoms with van der Waals surface area (Å²) in [6, 6.07) is 8.16. The molecule has 2 aliphatic rings. The van der Waals surface area contributed by atoms with Crippen molar-refractivity contribution in [1.29, 1.82) is 0 Å². The third kappa shape index (κ3) is 5.23. The van der Waals surface area contributed by atoms with Gasteiger partial charge in [-0.25, -0.2) is 0 Å². The van der Waals surface area contributed by atoms with Crippen LogP contribution in [0.2, 0.25) is 0 Å². The highest BCUT2D eigenvalue weighted by Gasteiger charge is 2.21. The first-order chi connectivity index (χ1) is 13.4. The first kappa shape index (κ1) is 20.6. The predicted molar refractivity (Wildman–Crippen MR) is 113 cm³/mol. The monoisotopic (exact) mass is 387 g/mol. The smallest absolute Gasteiger partial charge is 0.224 e. The van der Waals surface area contributed by atoms with Crippen LogP contribution in [-0.4, -0.2) is 99.5 Å². The Balaban J connectivity index is 1.57. The highest BCUT2D eigenvalue weighted by Crippen LogP contribution is 2.22. The minimum absolute atomic E-state index is 0.0291. The number of carbonyl (C=O) groups is 2. The SMILES string of the molecule is CC(=O)N(CCC(=O)N1CCN(C)CC1)c1ccc(N2CCN(C)CC2)cc1. The summed E-state index contributed by atoms with van der Waals surface area (Å²) in [6.45, 7) is 9.53. The van der Waals surface area contributed by atoms with Crippen LogP contribution in [0.1, 0.15) is 13.3 Å². The molecule has 2 amide bonds. The Morgan fingerprint density at radius 1 is 0.857 bits per heavy atom. The second-order valence-corrected chi connectivity index (χ2v) is 7.91. The van der Waals surface area contributed by atoms with E-state index in [0.29, 0.717) is 13.0 Å². The molecule has 0 saturated carbocycles. The second kappa shape index (κ2) is 9.39. The number of rotatable bonds is 5. The van der Waals surface area contributed by atoms with E-state index in [4.69, 9.17) is 0 Å². The van der Waals surface area contributed by atoms with Crippen molar-refractivity contribution in [3.8, 4) is 0 Å². The summed E-state index contributed by atoms with van der Waals surface area (Å²) in [5, 5.41) is 0. The molecule has 2 aliphatic heterocycles. The molecule has 28 heavy (non-hydrogen) atoms. The molecule has 0 aliphatic carbocycles. The highest BCUT2D eigenvalue weighted by atomic mass is 16.2. The van der Waals surface area contributed by atoms with E-state index in [1.807, 2.05) is 17.0 Å². The van der Waals surface area contributed by atoms with Crippen LogP contribution >= 0.6 is 0 Å². The number of benzene rings is 1. The van der Waals surface area contributed by atoms with Crippen molar-refractivity contribution in [2.45, 2.75) is 13.3 Å². The summed E-state index contributed by atoms with van der Waals surface area (Å²) in [6.07, 6.45) is 0.365. The Morgan fingerprint density at radius 2 is 1.39 bits per heavy atom. The Morgan fingerprint density at radius 3 is 1.93 bits per heavy atom. The van der Waals surface area contributed by atoms with Crippen LogP contribution in [0.4, 0.5) is 11.4 Å². The topological polar surface area (TPSA) is 50.3 Å². The van der Waals surface area contributed by atoms with Gasteiger partial charge in [-0.05, 0) is 38.4 Å². The van der Waals surface area contributed by atoms with Gasteiger partial charge in [0, 0.05) is 83.6 Å². The highest BCUT2D eigenvalue weighted by molar-refractivity contribution is 5.92. The minimum Gasteiger partial charge on any atom is -0.369 e. The number of anilines is 2. The van der Waals surface area contributed by atoms with E-state index < -0.39 is 0 Å². The van der Waals surface area contributed by atoms with Crippen molar-refractivity contribution in [1.82, 2.24) is 14.7 Å². The molecule has 0 N–H and O–H groups in total. The maximum absolute atomic E-state index is 12.5. The summed E-state index contributed by atoms with van der Waals surface area (Å²) in [4.78, 5) is 35.2. The fraction of sp³-hybridized carbons (Fsp3) is 0.619. The number of amides is 2. The molecule has 2 saturated heterocycles. The molecule has 0 unspecified atom stereocenters. The molecule has 7 heteroatoms. The molecule has 0 radical (unpaired) electrons. The molecule has 1 aromatic carbocycles. The van der Waals surface area contributed by atoms with E-state index in [1.165, 1.54) is 5.69 Å². The summed E-state index contributed by atoms with van der Waals surface area (Å²) >= 11 is 0. The third-order valence-electron chi connectivity index (χ3n) is 5.82. The van der Waals surface area contributed by atoms with Gasteiger partial charge in [0.2, 0.25) is 11.8 Å². The molecular formula is C21H33N5O2. The number of carbonyl (C=O) groups excluding carboxylic acids is 2. The molecule has 154 valence electrons. The van der Waals surface area contributed by atoms with Crippen LogP contribution < -0.4 is 9.80 Å². The van der Waals surface area contributed by atoms with Crippen molar-refractivity contribution < 1.29 is 9.59 Å². The second-order valence-electron chi connectivity index (χ2n) is 7.91. The van der Waals surface area contributed by atoms with E-state index in [2.05, 4.69) is 40.9 Å². The molecule has 0 bridgehead atoms. The van der Waals surface area contributed by atoms with E-state index in [1.54, 1.807) is 11.8 Å². The van der Waals surface area contributed by atoms with Crippen molar-refractivity contribution in [3.05, 3.63) is 24.3 Å². The maximum atomic E-state index is 12.5. The lowest BCUT2D eigenvalue weighted by atomic mass is 10.2. The molecule has 0 spiro atoms. The van der Waals surface area contributed by atoms with Gasteiger partial charge >= 0.3 is 0 Å². The minimum atomic E-state index is -0.0291. The largest absolute Gasteiger partial charge is 0.369 e. The van der Waals surface area contributed by atoms with Crippen LogP contribution in [0.3, 0.4) is 0 Å². The van der Waals surface area contributed by atoms with Crippen LogP contribution in [0, 0.1) is 0 Å². The third-order valence-corrected chi connectivity index (χ3v) is 5.82. The summed E-state index contributed by atoms with van der Waals surface area (Å²) in [5.74, 6) is 0.104. The summed E-state index contributed by atoms with van der Waals surface area (Å²) in [7, 11) is 4.22. The van der Waals surface area contributed by atoms with Gasteiger partial charge in [-0.3, -0.25) is 9.59 Å². The first-order valence-electron chi connectivity index (χ1n) is 10.2. The van der Waals surface area contributed by atoms with Crippen LogP contribution in [0.5, 0.6) is 0 Å². The van der Waals surface area contributed by atoms with Gasteiger partial charge in [0.05, 0.1) is 0 Å². The molecule has 2 heterocycles. The fourth-order valence-electron chi connectivity index (χ4n) is 3.80. The van der Waals surface area contributed by atoms with Gasteiger partial charge in [0.15, 0.2) is 0 Å². The summed E-state index contributed by atoms with van der Waals surface area (Å²) in [5.41, 5.74) is 2.05. The lowest BCUT2D eigenvalue weighted by Gasteiger charge is -2.34. The molecule has 3 rings (SSSR count). The Hall–Kier alpha value is -2.12. The average Bonchev–Trinajstić information content (AvgIpc) is 2.69. The van der Waals surface area contributed by atoms with Crippen LogP contribution in [-0.2, 0) is 9.59 Å². The lowest BCUT2D eigenvalue weighted by Crippen LogP contribution is -2.47. The molecule has 1 aromatic rings. The Kier molecular flexibility index (Phi) is 6.91. The normalized spacial score (nSPS) is 19.0. The molecule has 2 fully saturated rings. The van der Waals surface area contributed by atoms with Crippen molar-refractivity contribution in [3.63, 3.8) is 0 Å². The zero-order valence-corrected chi connectivity index (χ0v) is 17.4. The van der Waals surface area contributed by atoms with Gasteiger partial charge in [-0.1, -0.05) is 0 Å². The van der Waals surface area contributed by atoms with Crippen LogP contribution in [0.25, 0.3) is 0 Å². The first-order valence-corrected chi connectivity index (χ1v) is 10.2. The van der Waals surface area contributed by atoms with Gasteiger partial charge < -0.3 is 24.5 Å². The van der Waals surface area contributed by atoms with Gasteiger partial charge in [-0.15, -0.1) is 0 Å². The number of piperazine rings is 2. The number of hydrogen-bond donors (Lipinski definition) is 0. The molecule has 0 aromatic heterocycles. The van der Waals surface area contributed by atoms with Gasteiger partial charge in [-0.2, -0.15) is 0 Å². The predicted octanol–water partition coefficient (Wildman–Crippen LogP) is 0.955. The molecule has 0 atom stereocenters. The Bertz CT molecular complexity index is 662. The van der Waals surface area contributed by atoms with Crippen molar-refractivity contribution in [2.24, 2.45) is 0 Å². The Labute approximate surface area is 168 Å². The zero-order valence-electron chi connectivity index (χ0n) is 17.4. The van der Waals surface area contributed by atoms with Crippen molar-refractivity contribution in [2.75, 3.05) is 82.8 Å². The molecular weight excluding hydrogens is 354 g/mol. The number of hydrogen-bond acceptors (Lipinski definition) is 5. The van der Waals surface area contributed by atoms with Gasteiger partial charge in [0.1, 0.15) is 0 Å². The summed E-state index contributed by atoms with van der Waals surface area (Å²) < 4.78 is 0. The van der Waals surface area contributed by atoms with E-state index >= 15 is 0 Å². The van der Waals surface area contributed by atoms with Gasteiger partial charge in [0.25, 0.3) is 0 Å². The average molecular weight is 388 g/mol. The van der Waals surface area contributed by atoms with E-state index in [9.17, 15) is 9.59 Å². The van der Waals surface area contributed by atoms with E-state index in [0.717, 1.165) is 58.0 Å². The standard InChI is InChI=1S/C21H33N5O2/c1-18(27)26(9-8-21(28)25-16-12-23(3)13-17-25)20-6-4-19(5-7-20)24-14-10-22(2)11-15-24/h4-7H,8-17H2,1-3H3. The fourth-order valence-corrected chi connectivity index (χ4v) is 3.80. The van der Waals surface area contributed by atoms with E-state index in [-0.39, 0.29) is 11.8 Å². The van der Waals surface area contributed by atoms with Crippen LogP contribution in [0.15, 0.2) is 24.3 Å².